The topological polar surface area (TPSA) is 27.7 Å². The molecule has 0 spiro atoms. The molecule has 0 aromatic carbocycles. The summed E-state index contributed by atoms with van der Waals surface area (Å²) >= 11 is 0. The van der Waals surface area contributed by atoms with Gasteiger partial charge in [-0.2, -0.15) is 0 Å². The smallest absolute Gasteiger partial charge is 0.311 e. The molecule has 0 aliphatic heterocycles. The van der Waals surface area contributed by atoms with E-state index < -0.39 is 25.2 Å². The van der Waals surface area contributed by atoms with Crippen molar-refractivity contribution in [1.29, 1.82) is 0 Å². The van der Waals surface area contributed by atoms with Crippen LogP contribution in [-0.4, -0.2) is 23.2 Å². The molecular formula is C21H35O3PSi2. The van der Waals surface area contributed by atoms with Gasteiger partial charge in [-0.25, -0.2) is 0 Å². The minimum Gasteiger partial charge on any atom is -0.353 e. The molecule has 0 bridgehead atoms. The maximum absolute atomic E-state index is 6.59. The fraction of sp³-hybridized carbons (Fsp3) is 0.333. The van der Waals surface area contributed by atoms with Crippen LogP contribution in [0.5, 0.6) is 0 Å². The summed E-state index contributed by atoms with van der Waals surface area (Å²) in [6.07, 6.45) is 13.1. The number of allylic oxidation sites excluding steroid dienone is 6. The molecule has 0 N–H and O–H groups in total. The van der Waals surface area contributed by atoms with Gasteiger partial charge in [0.1, 0.15) is 0 Å². The summed E-state index contributed by atoms with van der Waals surface area (Å²) in [6.45, 7) is 27.6. The first kappa shape index (κ1) is 25.9. The van der Waals surface area contributed by atoms with Gasteiger partial charge in [-0.1, -0.05) is 42.5 Å². The fourth-order valence-corrected chi connectivity index (χ4v) is 12.4. The highest BCUT2D eigenvalue weighted by atomic mass is 31.2. The first-order valence-electron chi connectivity index (χ1n) is 9.08. The average molecular weight is 423 g/mol. The Morgan fingerprint density at radius 1 is 0.519 bits per heavy atom. The summed E-state index contributed by atoms with van der Waals surface area (Å²) in [4.78, 5) is 0. The van der Waals surface area contributed by atoms with E-state index in [1.807, 2.05) is 36.5 Å². The van der Waals surface area contributed by atoms with Crippen molar-refractivity contribution in [3.63, 3.8) is 0 Å². The molecule has 150 valence electrons. The molecular weight excluding hydrogens is 387 g/mol. The van der Waals surface area contributed by atoms with Crippen molar-refractivity contribution in [2.75, 3.05) is 6.61 Å². The highest BCUT2D eigenvalue weighted by Gasteiger charge is 2.41. The molecule has 0 saturated heterocycles. The summed E-state index contributed by atoms with van der Waals surface area (Å²) in [5, 5.41) is 0. The van der Waals surface area contributed by atoms with Crippen molar-refractivity contribution < 1.29 is 12.9 Å². The molecule has 0 fully saturated rings. The maximum Gasteiger partial charge on any atom is 0.311 e. The van der Waals surface area contributed by atoms with E-state index >= 15 is 0 Å². The molecule has 0 saturated carbocycles. The monoisotopic (exact) mass is 422 g/mol. The molecule has 3 nitrogen and oxygen atoms in total. The zero-order valence-electron chi connectivity index (χ0n) is 16.6. The van der Waals surface area contributed by atoms with Crippen LogP contribution < -0.4 is 0 Å². The zero-order valence-corrected chi connectivity index (χ0v) is 19.5. The molecule has 0 atom stereocenters. The summed E-state index contributed by atoms with van der Waals surface area (Å²) in [5.74, 6) is 0. The van der Waals surface area contributed by atoms with E-state index in [1.165, 1.54) is 0 Å². The van der Waals surface area contributed by atoms with Crippen molar-refractivity contribution in [2.24, 2.45) is 0 Å². The SMILES string of the molecule is C=CCOP(O[Si](CC=C)(CC=C)CC=C)O[Si](CC=C)(CC=C)CC=C. The van der Waals surface area contributed by atoms with Crippen LogP contribution in [0.1, 0.15) is 0 Å². The third kappa shape index (κ3) is 9.61. The highest BCUT2D eigenvalue weighted by molar-refractivity contribution is 7.46. The molecule has 0 aromatic rings. The van der Waals surface area contributed by atoms with Gasteiger partial charge in [0.25, 0.3) is 0 Å². The van der Waals surface area contributed by atoms with Crippen LogP contribution in [0.2, 0.25) is 36.3 Å². The van der Waals surface area contributed by atoms with Crippen LogP contribution in [0.15, 0.2) is 88.6 Å². The molecule has 0 aliphatic carbocycles. The molecule has 0 radical (unpaired) electrons. The molecule has 0 aliphatic rings. The average Bonchev–Trinajstić information content (AvgIpc) is 2.61. The minimum atomic E-state index is -2.24. The van der Waals surface area contributed by atoms with E-state index in [0.29, 0.717) is 6.61 Å². The Morgan fingerprint density at radius 2 is 0.815 bits per heavy atom. The number of hydrogen-bond donors (Lipinski definition) is 0. The standard InChI is InChI=1S/C21H35O3PSi2/c1-8-15-22-25(23-26(16-9-2,17-10-3)18-11-4)24-27(19-12-5,20-13-6)21-14-7/h8-14H,1-7,15-21H2. The molecule has 0 unspecified atom stereocenters. The fourth-order valence-electron chi connectivity index (χ4n) is 2.80. The van der Waals surface area contributed by atoms with E-state index in [0.717, 1.165) is 36.3 Å². The molecule has 6 heteroatoms. The normalized spacial score (nSPS) is 11.6. The Morgan fingerprint density at radius 3 is 1.04 bits per heavy atom. The molecule has 0 amide bonds. The van der Waals surface area contributed by atoms with Gasteiger partial charge in [0.15, 0.2) is 0 Å². The van der Waals surface area contributed by atoms with Gasteiger partial charge >= 0.3 is 8.60 Å². The number of rotatable bonds is 19. The second-order valence-corrected chi connectivity index (χ2v) is 15.7. The predicted molar refractivity (Wildman–Crippen MR) is 127 cm³/mol. The van der Waals surface area contributed by atoms with E-state index in [9.17, 15) is 0 Å². The van der Waals surface area contributed by atoms with E-state index in [2.05, 4.69) is 46.1 Å². The van der Waals surface area contributed by atoms with Crippen LogP contribution >= 0.6 is 8.60 Å². The Balaban J connectivity index is 5.77. The van der Waals surface area contributed by atoms with Crippen LogP contribution in [-0.2, 0) is 12.9 Å². The van der Waals surface area contributed by atoms with Crippen molar-refractivity contribution in [3.05, 3.63) is 88.6 Å². The third-order valence-corrected chi connectivity index (χ3v) is 14.8. The molecule has 27 heavy (non-hydrogen) atoms. The zero-order chi connectivity index (χ0) is 20.6. The van der Waals surface area contributed by atoms with E-state index in [1.54, 1.807) is 6.08 Å². The highest BCUT2D eigenvalue weighted by Crippen LogP contribution is 2.50. The second-order valence-electron chi connectivity index (χ2n) is 6.31. The Hall–Kier alpha value is -1.08. The van der Waals surface area contributed by atoms with Gasteiger partial charge in [0.2, 0.25) is 16.6 Å². The van der Waals surface area contributed by atoms with Gasteiger partial charge in [-0.05, 0) is 36.3 Å². The molecule has 0 heterocycles. The van der Waals surface area contributed by atoms with Crippen molar-refractivity contribution in [2.45, 2.75) is 36.3 Å². The van der Waals surface area contributed by atoms with Crippen molar-refractivity contribution >= 4 is 25.2 Å². The Bertz CT molecular complexity index is 426. The molecule has 0 rings (SSSR count). The minimum absolute atomic E-state index is 0.368. The quantitative estimate of drug-likeness (QED) is 0.123. The lowest BCUT2D eigenvalue weighted by Gasteiger charge is -2.37. The van der Waals surface area contributed by atoms with Gasteiger partial charge in [-0.15, -0.1) is 46.1 Å². The van der Waals surface area contributed by atoms with E-state index in [-0.39, 0.29) is 0 Å². The third-order valence-electron chi connectivity index (χ3n) is 3.93. The Kier molecular flexibility index (Phi) is 14.3. The summed E-state index contributed by atoms with van der Waals surface area (Å²) in [6, 6.07) is 4.69. The van der Waals surface area contributed by atoms with Crippen LogP contribution in [0.3, 0.4) is 0 Å². The first-order chi connectivity index (χ1) is 13.0. The van der Waals surface area contributed by atoms with Crippen LogP contribution in [0.4, 0.5) is 0 Å². The maximum atomic E-state index is 6.59. The van der Waals surface area contributed by atoms with Gasteiger partial charge in [0.05, 0.1) is 6.61 Å². The lowest BCUT2D eigenvalue weighted by atomic mass is 10.7. The van der Waals surface area contributed by atoms with Gasteiger partial charge in [0, 0.05) is 0 Å². The molecule has 0 aromatic heterocycles. The first-order valence-corrected chi connectivity index (χ1v) is 15.2. The van der Waals surface area contributed by atoms with Crippen LogP contribution in [0.25, 0.3) is 0 Å². The summed E-state index contributed by atoms with van der Waals surface area (Å²) in [7, 11) is -6.03. The van der Waals surface area contributed by atoms with Crippen molar-refractivity contribution in [1.82, 2.24) is 0 Å². The Labute approximate surface area is 169 Å². The number of hydrogen-bond acceptors (Lipinski definition) is 3. The predicted octanol–water partition coefficient (Wildman–Crippen LogP) is 7.46. The van der Waals surface area contributed by atoms with Crippen molar-refractivity contribution in [3.8, 4) is 0 Å². The second kappa shape index (κ2) is 14.9. The van der Waals surface area contributed by atoms with Crippen LogP contribution in [0, 0.1) is 0 Å². The lowest BCUT2D eigenvalue weighted by molar-refractivity contribution is 0.287. The van der Waals surface area contributed by atoms with E-state index in [4.69, 9.17) is 12.9 Å². The van der Waals surface area contributed by atoms with Gasteiger partial charge < -0.3 is 12.9 Å². The largest absolute Gasteiger partial charge is 0.353 e. The lowest BCUT2D eigenvalue weighted by Crippen LogP contribution is -2.39. The summed E-state index contributed by atoms with van der Waals surface area (Å²) < 4.78 is 19.1. The van der Waals surface area contributed by atoms with Gasteiger partial charge in [-0.3, -0.25) is 0 Å². The summed E-state index contributed by atoms with van der Waals surface area (Å²) in [5.41, 5.74) is 0.